The average molecular weight is 720 g/mol. The zero-order valence-corrected chi connectivity index (χ0v) is 30.6. The van der Waals surface area contributed by atoms with Crippen LogP contribution in [-0.2, 0) is 0 Å². The molecule has 0 fully saturated rings. The molecule has 0 saturated carbocycles. The molecule has 0 atom stereocenters. The Labute approximate surface area is 322 Å². The van der Waals surface area contributed by atoms with Crippen LogP contribution in [0.2, 0.25) is 0 Å². The maximum absolute atomic E-state index is 6.25. The molecule has 55 heavy (non-hydrogen) atoms. The molecule has 2 nitrogen and oxygen atoms in total. The Kier molecular flexibility index (Phi) is 7.39. The van der Waals surface area contributed by atoms with Gasteiger partial charge in [0.25, 0.3) is 0 Å². The van der Waals surface area contributed by atoms with E-state index in [0.717, 1.165) is 50.1 Å². The summed E-state index contributed by atoms with van der Waals surface area (Å²) in [5, 5.41) is 7.38. The van der Waals surface area contributed by atoms with Crippen LogP contribution in [0.3, 0.4) is 0 Å². The van der Waals surface area contributed by atoms with E-state index in [0.29, 0.717) is 0 Å². The van der Waals surface area contributed by atoms with E-state index < -0.39 is 0 Å². The van der Waals surface area contributed by atoms with E-state index >= 15 is 0 Å². The molecule has 2 heterocycles. The lowest BCUT2D eigenvalue weighted by Gasteiger charge is -2.28. The number of para-hydroxylation sites is 2. The van der Waals surface area contributed by atoms with E-state index in [9.17, 15) is 0 Å². The van der Waals surface area contributed by atoms with Gasteiger partial charge in [-0.15, -0.1) is 11.3 Å². The van der Waals surface area contributed by atoms with Crippen LogP contribution in [0, 0.1) is 0 Å². The van der Waals surface area contributed by atoms with Crippen LogP contribution in [0.4, 0.5) is 17.1 Å². The van der Waals surface area contributed by atoms with E-state index in [1.807, 2.05) is 23.5 Å². The van der Waals surface area contributed by atoms with Gasteiger partial charge in [0.1, 0.15) is 11.2 Å². The molecule has 0 amide bonds. The molecule has 258 valence electrons. The van der Waals surface area contributed by atoms with E-state index in [4.69, 9.17) is 4.42 Å². The smallest absolute Gasteiger partial charge is 0.136 e. The Balaban J connectivity index is 1.03. The summed E-state index contributed by atoms with van der Waals surface area (Å²) in [5.41, 5.74) is 12.2. The molecule has 2 aromatic heterocycles. The van der Waals surface area contributed by atoms with Crippen molar-refractivity contribution in [2.24, 2.45) is 0 Å². The predicted octanol–water partition coefficient (Wildman–Crippen LogP) is 15.6. The molecular formula is C52H33NOS. The van der Waals surface area contributed by atoms with Gasteiger partial charge in [0, 0.05) is 47.9 Å². The Morgan fingerprint density at radius 1 is 0.364 bits per heavy atom. The van der Waals surface area contributed by atoms with Crippen molar-refractivity contribution in [2.75, 3.05) is 4.90 Å². The van der Waals surface area contributed by atoms with Crippen molar-refractivity contribution < 1.29 is 4.42 Å². The van der Waals surface area contributed by atoms with Crippen molar-refractivity contribution in [3.8, 4) is 33.4 Å². The normalized spacial score (nSPS) is 11.6. The first-order valence-corrected chi connectivity index (χ1v) is 19.5. The second kappa shape index (κ2) is 12.9. The van der Waals surface area contributed by atoms with Crippen LogP contribution in [0.1, 0.15) is 0 Å². The van der Waals surface area contributed by atoms with Crippen LogP contribution in [0.25, 0.3) is 86.3 Å². The summed E-state index contributed by atoms with van der Waals surface area (Å²) in [7, 11) is 0. The summed E-state index contributed by atoms with van der Waals surface area (Å²) in [6, 6.07) is 72.3. The van der Waals surface area contributed by atoms with E-state index in [2.05, 4.69) is 193 Å². The highest BCUT2D eigenvalue weighted by Gasteiger charge is 2.19. The second-order valence-electron chi connectivity index (χ2n) is 14.1. The quantitative estimate of drug-likeness (QED) is 0.170. The Morgan fingerprint density at radius 3 is 1.84 bits per heavy atom. The average Bonchev–Trinajstić information content (AvgIpc) is 3.83. The molecule has 0 aliphatic rings. The third-order valence-electron chi connectivity index (χ3n) is 10.9. The molecule has 0 N–H and O–H groups in total. The van der Waals surface area contributed by atoms with Gasteiger partial charge < -0.3 is 9.32 Å². The Bertz CT molecular complexity index is 3210. The van der Waals surface area contributed by atoms with Crippen LogP contribution in [0.5, 0.6) is 0 Å². The second-order valence-corrected chi connectivity index (χ2v) is 15.2. The fourth-order valence-corrected chi connectivity index (χ4v) is 9.41. The highest BCUT2D eigenvalue weighted by atomic mass is 32.1. The lowest BCUT2D eigenvalue weighted by atomic mass is 9.98. The third kappa shape index (κ3) is 5.40. The Morgan fingerprint density at radius 2 is 0.982 bits per heavy atom. The summed E-state index contributed by atoms with van der Waals surface area (Å²) in [6.07, 6.45) is 0. The molecule has 0 spiro atoms. The van der Waals surface area contributed by atoms with Gasteiger partial charge in [0.2, 0.25) is 0 Å². The summed E-state index contributed by atoms with van der Waals surface area (Å²) in [5.74, 6) is 0. The van der Waals surface area contributed by atoms with Gasteiger partial charge in [-0.2, -0.15) is 0 Å². The van der Waals surface area contributed by atoms with Crippen LogP contribution in [-0.4, -0.2) is 0 Å². The van der Waals surface area contributed by atoms with Crippen LogP contribution in [0.15, 0.2) is 205 Å². The molecule has 0 bridgehead atoms. The molecule has 0 unspecified atom stereocenters. The first-order valence-electron chi connectivity index (χ1n) is 18.7. The zero-order chi connectivity index (χ0) is 36.3. The number of anilines is 3. The van der Waals surface area contributed by atoms with Gasteiger partial charge >= 0.3 is 0 Å². The minimum atomic E-state index is 0.903. The van der Waals surface area contributed by atoms with Crippen molar-refractivity contribution in [2.45, 2.75) is 0 Å². The topological polar surface area (TPSA) is 16.4 Å². The number of nitrogens with zero attached hydrogens (tertiary/aromatic N) is 1. The minimum Gasteiger partial charge on any atom is -0.456 e. The van der Waals surface area contributed by atoms with E-state index in [1.165, 1.54) is 53.2 Å². The molecular weight excluding hydrogens is 687 g/mol. The number of hydrogen-bond acceptors (Lipinski definition) is 3. The van der Waals surface area contributed by atoms with Crippen LogP contribution < -0.4 is 4.90 Å². The van der Waals surface area contributed by atoms with E-state index in [1.54, 1.807) is 0 Å². The minimum absolute atomic E-state index is 0.903. The maximum Gasteiger partial charge on any atom is 0.136 e. The largest absolute Gasteiger partial charge is 0.456 e. The van der Waals surface area contributed by atoms with Crippen molar-refractivity contribution in [1.29, 1.82) is 0 Å². The number of thiophene rings is 1. The summed E-state index contributed by atoms with van der Waals surface area (Å²) in [4.78, 5) is 2.39. The number of hydrogen-bond donors (Lipinski definition) is 0. The van der Waals surface area contributed by atoms with Gasteiger partial charge in [0.15, 0.2) is 0 Å². The SMILES string of the molecule is c1ccc(N(c2ccc(-c3ccc4c(c3)oc3ccccc34)cc2)c2ccc(-c3cccc4c3sc3ccccc34)cc2)c(-c2ccc3ccccc3c2)c1. The van der Waals surface area contributed by atoms with Gasteiger partial charge in [-0.3, -0.25) is 0 Å². The fourth-order valence-electron chi connectivity index (χ4n) is 8.17. The third-order valence-corrected chi connectivity index (χ3v) is 12.1. The zero-order valence-electron chi connectivity index (χ0n) is 29.8. The molecule has 9 aromatic carbocycles. The number of furan rings is 1. The molecule has 0 saturated heterocycles. The van der Waals surface area contributed by atoms with Gasteiger partial charge in [0.05, 0.1) is 5.69 Å². The fraction of sp³-hybridized carbons (Fsp3) is 0. The van der Waals surface area contributed by atoms with Crippen molar-refractivity contribution in [3.63, 3.8) is 0 Å². The molecule has 0 aliphatic heterocycles. The first kappa shape index (κ1) is 31.6. The lowest BCUT2D eigenvalue weighted by Crippen LogP contribution is -2.11. The van der Waals surface area contributed by atoms with Gasteiger partial charge in [-0.1, -0.05) is 140 Å². The number of benzene rings is 9. The van der Waals surface area contributed by atoms with Crippen molar-refractivity contribution in [1.82, 2.24) is 0 Å². The monoisotopic (exact) mass is 719 g/mol. The maximum atomic E-state index is 6.25. The summed E-state index contributed by atoms with van der Waals surface area (Å²) < 4.78 is 8.89. The highest BCUT2D eigenvalue weighted by molar-refractivity contribution is 7.26. The molecule has 0 radical (unpaired) electrons. The lowest BCUT2D eigenvalue weighted by molar-refractivity contribution is 0.669. The molecule has 3 heteroatoms. The van der Waals surface area contributed by atoms with Gasteiger partial charge in [-0.05, 0) is 99.3 Å². The van der Waals surface area contributed by atoms with Gasteiger partial charge in [-0.25, -0.2) is 0 Å². The first-order chi connectivity index (χ1) is 27.2. The van der Waals surface area contributed by atoms with Crippen LogP contribution >= 0.6 is 11.3 Å². The molecule has 11 rings (SSSR count). The summed E-state index contributed by atoms with van der Waals surface area (Å²) in [6.45, 7) is 0. The summed E-state index contributed by atoms with van der Waals surface area (Å²) >= 11 is 1.87. The van der Waals surface area contributed by atoms with Crippen molar-refractivity contribution >= 4 is 81.3 Å². The van der Waals surface area contributed by atoms with E-state index in [-0.39, 0.29) is 0 Å². The predicted molar refractivity (Wildman–Crippen MR) is 235 cm³/mol. The Hall–Kier alpha value is -6.94. The number of rotatable bonds is 6. The van der Waals surface area contributed by atoms with Crippen molar-refractivity contribution in [3.05, 3.63) is 200 Å². The number of fused-ring (bicyclic) bond motifs is 7. The molecule has 11 aromatic rings. The standard InChI is InChI=1S/C52H33NOS/c1-2-11-37-32-39(21-20-34(37)10-1)42-12-3-6-17-48(42)53(40-27-22-35(23-28-40)38-26-31-45-44-13-4-7-18-49(44)54-50(45)33-38)41-29-24-36(25-30-41)43-15-9-16-47-46-14-5-8-19-51(46)55-52(43)47/h1-33H. The highest BCUT2D eigenvalue weighted by Crippen LogP contribution is 2.44. The molecule has 0 aliphatic carbocycles.